The number of hydrogen-bond donors (Lipinski definition) is 2. The van der Waals surface area contributed by atoms with Crippen molar-refractivity contribution in [3.05, 3.63) is 86.2 Å². The van der Waals surface area contributed by atoms with Gasteiger partial charge in [-0.1, -0.05) is 28.1 Å². The number of hydrogen-bond acceptors (Lipinski definition) is 5. The van der Waals surface area contributed by atoms with Crippen molar-refractivity contribution in [3.63, 3.8) is 0 Å². The first kappa shape index (κ1) is 22.6. The number of nitrogens with one attached hydrogen (secondary N) is 1. The lowest BCUT2D eigenvalue weighted by atomic mass is 9.71. The number of allylic oxidation sites excluding steroid dienone is 4. The Morgan fingerprint density at radius 3 is 2.15 bits per heavy atom. The molecular weight excluding hydrogens is 498 g/mol. The summed E-state index contributed by atoms with van der Waals surface area (Å²) in [6, 6.07) is 12.2. The summed E-state index contributed by atoms with van der Waals surface area (Å²) in [6.07, 6.45) is 4.16. The third kappa shape index (κ3) is 4.20. The summed E-state index contributed by atoms with van der Waals surface area (Å²) in [4.78, 5) is 37.4. The second-order valence-corrected chi connectivity index (χ2v) is 9.78. The lowest BCUT2D eigenvalue weighted by molar-refractivity contribution is -0.117. The van der Waals surface area contributed by atoms with Gasteiger partial charge in [-0.25, -0.2) is 4.79 Å². The molecule has 0 atom stereocenters. The van der Waals surface area contributed by atoms with Gasteiger partial charge in [-0.05, 0) is 61.6 Å². The number of ether oxygens (including phenoxy) is 1. The van der Waals surface area contributed by atoms with Crippen molar-refractivity contribution in [2.24, 2.45) is 0 Å². The second kappa shape index (κ2) is 9.22. The Morgan fingerprint density at radius 1 is 0.941 bits per heavy atom. The summed E-state index contributed by atoms with van der Waals surface area (Å²) in [5.41, 5.74) is 5.08. The minimum Gasteiger partial charge on any atom is -0.489 e. The Labute approximate surface area is 205 Å². The molecule has 2 aromatic carbocycles. The largest absolute Gasteiger partial charge is 0.489 e. The highest BCUT2D eigenvalue weighted by Gasteiger charge is 2.41. The van der Waals surface area contributed by atoms with Gasteiger partial charge >= 0.3 is 5.97 Å². The molecule has 3 aliphatic rings. The highest BCUT2D eigenvalue weighted by molar-refractivity contribution is 9.10. The molecule has 0 saturated heterocycles. The van der Waals surface area contributed by atoms with Crippen LogP contribution in [0.1, 0.15) is 65.9 Å². The van der Waals surface area contributed by atoms with E-state index in [1.165, 1.54) is 0 Å². The van der Waals surface area contributed by atoms with Crippen LogP contribution in [0.3, 0.4) is 0 Å². The van der Waals surface area contributed by atoms with Crippen molar-refractivity contribution in [2.45, 2.75) is 51.0 Å². The van der Waals surface area contributed by atoms with Gasteiger partial charge in [0.15, 0.2) is 11.6 Å². The molecule has 5 rings (SSSR count). The smallest absolute Gasteiger partial charge is 0.335 e. The number of halogens is 1. The minimum atomic E-state index is -0.976. The monoisotopic (exact) mass is 521 g/mol. The van der Waals surface area contributed by atoms with Crippen molar-refractivity contribution < 1.29 is 24.2 Å². The number of rotatable bonds is 5. The molecule has 0 fully saturated rings. The molecule has 2 N–H and O–H groups in total. The van der Waals surface area contributed by atoms with E-state index in [9.17, 15) is 14.4 Å². The molecule has 6 nitrogen and oxygen atoms in total. The van der Waals surface area contributed by atoms with Crippen LogP contribution < -0.4 is 10.1 Å². The van der Waals surface area contributed by atoms with Gasteiger partial charge in [0.2, 0.25) is 0 Å². The molecule has 0 aromatic heterocycles. The Bertz CT molecular complexity index is 1220. The molecule has 174 valence electrons. The summed E-state index contributed by atoms with van der Waals surface area (Å²) < 4.78 is 7.05. The van der Waals surface area contributed by atoms with E-state index < -0.39 is 11.9 Å². The normalized spacial score (nSPS) is 18.4. The first-order chi connectivity index (χ1) is 16.4. The molecule has 0 radical (unpaired) electrons. The second-order valence-electron chi connectivity index (χ2n) is 8.87. The van der Waals surface area contributed by atoms with Gasteiger partial charge in [0.05, 0.1) is 5.56 Å². The standard InChI is InChI=1S/C27H24BrNO5/c28-17-11-12-23(34-14-15-7-9-16(10-8-15)27(32)33)18(13-17)24-25-19(3-1-5-21(25)30)29-20-4-2-6-22(31)26(20)24/h7-13,24,29H,1-6,14H2,(H,32,33). The fraction of sp³-hybridized carbons (Fsp3) is 0.296. The molecule has 0 bridgehead atoms. The van der Waals surface area contributed by atoms with Crippen LogP contribution in [0, 0.1) is 0 Å². The summed E-state index contributed by atoms with van der Waals surface area (Å²) in [5, 5.41) is 12.6. The first-order valence-corrected chi connectivity index (χ1v) is 12.3. The zero-order valence-corrected chi connectivity index (χ0v) is 20.1. The number of carbonyl (C=O) groups is 3. The van der Waals surface area contributed by atoms with E-state index in [-0.39, 0.29) is 23.7 Å². The highest BCUT2D eigenvalue weighted by atomic mass is 79.9. The zero-order chi connectivity index (χ0) is 23.8. The first-order valence-electron chi connectivity index (χ1n) is 11.5. The molecule has 34 heavy (non-hydrogen) atoms. The molecule has 2 aromatic rings. The van der Waals surface area contributed by atoms with Crippen LogP contribution in [0.25, 0.3) is 0 Å². The fourth-order valence-electron chi connectivity index (χ4n) is 5.08. The van der Waals surface area contributed by atoms with E-state index in [1.807, 2.05) is 18.2 Å². The van der Waals surface area contributed by atoms with Crippen LogP contribution in [0.2, 0.25) is 0 Å². The van der Waals surface area contributed by atoms with Crippen molar-refractivity contribution in [3.8, 4) is 5.75 Å². The SMILES string of the molecule is O=C1CCCC2=C1C(c1cc(Br)ccc1OCc1ccc(C(=O)O)cc1)C1=C(CCCC1=O)N2. The maximum Gasteiger partial charge on any atom is 0.335 e. The van der Waals surface area contributed by atoms with E-state index in [4.69, 9.17) is 9.84 Å². The van der Waals surface area contributed by atoms with Gasteiger partial charge in [-0.15, -0.1) is 0 Å². The summed E-state index contributed by atoms with van der Waals surface area (Å²) in [5.74, 6) is -0.657. The van der Waals surface area contributed by atoms with Gasteiger partial charge in [0, 0.05) is 51.3 Å². The summed E-state index contributed by atoms with van der Waals surface area (Å²) >= 11 is 3.56. The van der Waals surface area contributed by atoms with Crippen molar-refractivity contribution in [1.82, 2.24) is 5.32 Å². The Morgan fingerprint density at radius 2 is 1.56 bits per heavy atom. The lowest BCUT2D eigenvalue weighted by Crippen LogP contribution is -2.36. The average molecular weight is 522 g/mol. The molecule has 0 saturated carbocycles. The summed E-state index contributed by atoms with van der Waals surface area (Å²) in [6.45, 7) is 0.235. The molecule has 1 heterocycles. The van der Waals surface area contributed by atoms with E-state index in [2.05, 4.69) is 21.2 Å². The van der Waals surface area contributed by atoms with Crippen LogP contribution >= 0.6 is 15.9 Å². The van der Waals surface area contributed by atoms with E-state index >= 15 is 0 Å². The van der Waals surface area contributed by atoms with Crippen LogP contribution in [0.15, 0.2) is 69.5 Å². The third-order valence-corrected chi connectivity index (χ3v) is 7.16. The van der Waals surface area contributed by atoms with Crippen LogP contribution in [0.4, 0.5) is 0 Å². The molecule has 0 spiro atoms. The molecule has 2 aliphatic carbocycles. The molecule has 1 aliphatic heterocycles. The number of carboxylic acid groups (broad SMARTS) is 1. The Hall–Kier alpha value is -3.19. The third-order valence-electron chi connectivity index (χ3n) is 6.67. The molecule has 7 heteroatoms. The fourth-order valence-corrected chi connectivity index (χ4v) is 5.45. The number of Topliss-reactive ketones (excluding diaryl/α,β-unsaturated/α-hetero) is 2. The topological polar surface area (TPSA) is 92.7 Å². The number of benzene rings is 2. The predicted molar refractivity (Wildman–Crippen MR) is 130 cm³/mol. The summed E-state index contributed by atoms with van der Waals surface area (Å²) in [7, 11) is 0. The predicted octanol–water partition coefficient (Wildman–Crippen LogP) is 5.43. The average Bonchev–Trinajstić information content (AvgIpc) is 2.82. The quantitative estimate of drug-likeness (QED) is 0.545. The van der Waals surface area contributed by atoms with Crippen LogP contribution in [-0.2, 0) is 16.2 Å². The van der Waals surface area contributed by atoms with Gasteiger partial charge < -0.3 is 15.2 Å². The Balaban J connectivity index is 1.55. The Kier molecular flexibility index (Phi) is 6.13. The van der Waals surface area contributed by atoms with Gasteiger partial charge in [-0.2, -0.15) is 0 Å². The van der Waals surface area contributed by atoms with E-state index in [1.54, 1.807) is 24.3 Å². The molecule has 0 amide bonds. The van der Waals surface area contributed by atoms with Gasteiger partial charge in [0.1, 0.15) is 12.4 Å². The van der Waals surface area contributed by atoms with Crippen LogP contribution in [0.5, 0.6) is 5.75 Å². The lowest BCUT2D eigenvalue weighted by Gasteiger charge is -2.37. The van der Waals surface area contributed by atoms with Gasteiger partial charge in [0.25, 0.3) is 0 Å². The van der Waals surface area contributed by atoms with Crippen LogP contribution in [-0.4, -0.2) is 22.6 Å². The molecule has 0 unspecified atom stereocenters. The van der Waals surface area contributed by atoms with Crippen molar-refractivity contribution >= 4 is 33.5 Å². The number of aromatic carboxylic acids is 1. The highest BCUT2D eigenvalue weighted by Crippen LogP contribution is 2.48. The van der Waals surface area contributed by atoms with Crippen molar-refractivity contribution in [1.29, 1.82) is 0 Å². The minimum absolute atomic E-state index is 0.0823. The maximum atomic E-state index is 13.1. The number of dihydropyridines is 1. The maximum absolute atomic E-state index is 13.1. The number of ketones is 2. The number of carboxylic acids is 1. The molecular formula is C27H24BrNO5. The van der Waals surface area contributed by atoms with Gasteiger partial charge in [-0.3, -0.25) is 9.59 Å². The van der Waals surface area contributed by atoms with E-state index in [0.29, 0.717) is 29.7 Å². The van der Waals surface area contributed by atoms with E-state index in [0.717, 1.165) is 52.7 Å². The number of carbonyl (C=O) groups excluding carboxylic acids is 2. The zero-order valence-electron chi connectivity index (χ0n) is 18.5. The van der Waals surface area contributed by atoms with Crippen molar-refractivity contribution in [2.75, 3.05) is 0 Å².